The van der Waals surface area contributed by atoms with E-state index in [1.54, 1.807) is 0 Å². The molecule has 0 amide bonds. The highest BCUT2D eigenvalue weighted by atomic mass is 127. The fourth-order valence-corrected chi connectivity index (χ4v) is 4.09. The zero-order valence-electron chi connectivity index (χ0n) is 11.1. The van der Waals surface area contributed by atoms with Gasteiger partial charge in [-0.3, -0.25) is 4.79 Å². The Morgan fingerprint density at radius 2 is 1.80 bits per heavy atom. The predicted molar refractivity (Wildman–Crippen MR) is 88.0 cm³/mol. The number of Topliss-reactive ketones (excluding diaryl/α,β-unsaturated/α-hetero) is 1. The molecule has 0 N–H and O–H groups in total. The summed E-state index contributed by atoms with van der Waals surface area (Å²) in [5, 5.41) is 0. The van der Waals surface area contributed by atoms with Crippen molar-refractivity contribution in [1.29, 1.82) is 0 Å². The average Bonchev–Trinajstić information content (AvgIpc) is 3.22. The summed E-state index contributed by atoms with van der Waals surface area (Å²) in [4.78, 5) is 12.7. The second-order valence-corrected chi connectivity index (χ2v) is 7.07. The third-order valence-corrected chi connectivity index (χ3v) is 5.48. The Balaban J connectivity index is 1.64. The van der Waals surface area contributed by atoms with Crippen molar-refractivity contribution >= 4 is 28.4 Å². The van der Waals surface area contributed by atoms with Crippen LogP contribution in [-0.2, 0) is 6.42 Å². The predicted octanol–water partition coefficient (Wildman–Crippen LogP) is 4.45. The van der Waals surface area contributed by atoms with Crippen LogP contribution in [0.3, 0.4) is 0 Å². The third-order valence-electron chi connectivity index (χ3n) is 4.76. The van der Waals surface area contributed by atoms with Crippen LogP contribution >= 0.6 is 22.6 Å². The Hall–Kier alpha value is -1.16. The van der Waals surface area contributed by atoms with Gasteiger partial charge in [-0.25, -0.2) is 0 Å². The average molecular weight is 374 g/mol. The van der Waals surface area contributed by atoms with E-state index in [-0.39, 0.29) is 5.92 Å². The van der Waals surface area contributed by atoms with E-state index in [1.807, 2.05) is 24.3 Å². The van der Waals surface area contributed by atoms with Crippen LogP contribution in [0.5, 0.6) is 0 Å². The molecule has 0 aromatic heterocycles. The Kier molecular flexibility index (Phi) is 2.95. The number of carbonyl (C=O) groups excluding carboxylic acids is 1. The molecule has 0 aliphatic heterocycles. The molecular formula is C18H15IO. The van der Waals surface area contributed by atoms with E-state index in [4.69, 9.17) is 0 Å². The lowest BCUT2D eigenvalue weighted by atomic mass is 9.92. The Bertz CT molecular complexity index is 674. The van der Waals surface area contributed by atoms with E-state index < -0.39 is 0 Å². The molecule has 2 aliphatic rings. The van der Waals surface area contributed by atoms with Crippen LogP contribution in [0, 0.1) is 15.4 Å². The number of aryl methyl sites for hydroxylation is 1. The summed E-state index contributed by atoms with van der Waals surface area (Å²) >= 11 is 2.27. The molecule has 3 atom stereocenters. The van der Waals surface area contributed by atoms with Crippen LogP contribution in [0.25, 0.3) is 0 Å². The highest BCUT2D eigenvalue weighted by Gasteiger charge is 2.56. The molecular weight excluding hydrogens is 359 g/mol. The SMILES string of the molecule is O=C(c1ccc(I)cc1)C1C2CCc3ccccc3C21. The molecule has 2 heteroatoms. The Morgan fingerprint density at radius 1 is 1.05 bits per heavy atom. The first-order valence-electron chi connectivity index (χ1n) is 7.13. The largest absolute Gasteiger partial charge is 0.294 e. The Labute approximate surface area is 132 Å². The summed E-state index contributed by atoms with van der Waals surface area (Å²) in [5.41, 5.74) is 3.75. The molecule has 3 unspecified atom stereocenters. The second kappa shape index (κ2) is 4.69. The summed E-state index contributed by atoms with van der Waals surface area (Å²) in [6, 6.07) is 16.6. The van der Waals surface area contributed by atoms with Gasteiger partial charge in [0.1, 0.15) is 0 Å². The van der Waals surface area contributed by atoms with Crippen molar-refractivity contribution in [3.63, 3.8) is 0 Å². The minimum absolute atomic E-state index is 0.221. The maximum Gasteiger partial charge on any atom is 0.166 e. The zero-order chi connectivity index (χ0) is 13.7. The van der Waals surface area contributed by atoms with E-state index >= 15 is 0 Å². The van der Waals surface area contributed by atoms with Crippen molar-refractivity contribution < 1.29 is 4.79 Å². The monoisotopic (exact) mass is 374 g/mol. The fourth-order valence-electron chi connectivity index (χ4n) is 3.73. The van der Waals surface area contributed by atoms with Crippen molar-refractivity contribution in [2.24, 2.45) is 11.8 Å². The lowest BCUT2D eigenvalue weighted by molar-refractivity contribution is 0.0959. The number of hydrogen-bond acceptors (Lipinski definition) is 1. The minimum atomic E-state index is 0.221. The number of rotatable bonds is 2. The topological polar surface area (TPSA) is 17.1 Å². The summed E-state index contributed by atoms with van der Waals surface area (Å²) in [7, 11) is 0. The van der Waals surface area contributed by atoms with Crippen molar-refractivity contribution in [2.75, 3.05) is 0 Å². The molecule has 1 fully saturated rings. The standard InChI is InChI=1S/C18H15IO/c19-13-8-5-12(6-9-13)18(20)17-15-10-7-11-3-1-2-4-14(11)16(15)17/h1-6,8-9,15-17H,7,10H2. The first-order valence-corrected chi connectivity index (χ1v) is 8.21. The van der Waals surface area contributed by atoms with Gasteiger partial charge in [-0.05, 0) is 70.5 Å². The van der Waals surface area contributed by atoms with Crippen LogP contribution in [0.15, 0.2) is 48.5 Å². The molecule has 0 spiro atoms. The van der Waals surface area contributed by atoms with Gasteiger partial charge < -0.3 is 0 Å². The number of halogens is 1. The van der Waals surface area contributed by atoms with Gasteiger partial charge in [0.15, 0.2) is 5.78 Å². The molecule has 100 valence electrons. The van der Waals surface area contributed by atoms with Gasteiger partial charge in [0.25, 0.3) is 0 Å². The van der Waals surface area contributed by atoms with Crippen molar-refractivity contribution in [3.8, 4) is 0 Å². The van der Waals surface area contributed by atoms with Gasteiger partial charge in [0, 0.05) is 15.1 Å². The minimum Gasteiger partial charge on any atom is -0.294 e. The van der Waals surface area contributed by atoms with Gasteiger partial charge in [-0.15, -0.1) is 0 Å². The zero-order valence-corrected chi connectivity index (χ0v) is 13.2. The molecule has 2 aromatic rings. The molecule has 0 radical (unpaired) electrons. The van der Waals surface area contributed by atoms with Crippen LogP contribution in [0.2, 0.25) is 0 Å². The van der Waals surface area contributed by atoms with Gasteiger partial charge in [0.05, 0.1) is 0 Å². The van der Waals surface area contributed by atoms with Gasteiger partial charge in [-0.1, -0.05) is 36.4 Å². The van der Waals surface area contributed by atoms with Crippen molar-refractivity contribution in [3.05, 3.63) is 68.8 Å². The van der Waals surface area contributed by atoms with Crippen LogP contribution in [0.4, 0.5) is 0 Å². The fraction of sp³-hybridized carbons (Fsp3) is 0.278. The van der Waals surface area contributed by atoms with E-state index in [1.165, 1.54) is 21.1 Å². The molecule has 1 saturated carbocycles. The lowest BCUT2D eigenvalue weighted by Gasteiger charge is -2.13. The molecule has 0 bridgehead atoms. The number of ketones is 1. The van der Waals surface area contributed by atoms with Gasteiger partial charge in [-0.2, -0.15) is 0 Å². The van der Waals surface area contributed by atoms with E-state index in [0.717, 1.165) is 12.0 Å². The smallest absolute Gasteiger partial charge is 0.166 e. The number of fused-ring (bicyclic) bond motifs is 3. The molecule has 1 nitrogen and oxygen atoms in total. The number of benzene rings is 2. The lowest BCUT2D eigenvalue weighted by Crippen LogP contribution is -2.03. The summed E-state index contributed by atoms with van der Waals surface area (Å²) in [6.07, 6.45) is 2.30. The van der Waals surface area contributed by atoms with E-state index in [2.05, 4.69) is 46.9 Å². The van der Waals surface area contributed by atoms with Crippen LogP contribution in [0.1, 0.15) is 33.8 Å². The van der Waals surface area contributed by atoms with Crippen molar-refractivity contribution in [2.45, 2.75) is 18.8 Å². The maximum absolute atomic E-state index is 12.7. The highest BCUT2D eigenvalue weighted by Crippen LogP contribution is 2.60. The van der Waals surface area contributed by atoms with Crippen LogP contribution < -0.4 is 0 Å². The molecule has 2 aromatic carbocycles. The molecule has 0 heterocycles. The van der Waals surface area contributed by atoms with Crippen molar-refractivity contribution in [1.82, 2.24) is 0 Å². The second-order valence-electron chi connectivity index (χ2n) is 5.82. The molecule has 2 aliphatic carbocycles. The quantitative estimate of drug-likeness (QED) is 0.561. The first-order chi connectivity index (χ1) is 9.75. The van der Waals surface area contributed by atoms with Gasteiger partial charge in [0.2, 0.25) is 0 Å². The van der Waals surface area contributed by atoms with E-state index in [9.17, 15) is 4.79 Å². The highest BCUT2D eigenvalue weighted by molar-refractivity contribution is 14.1. The van der Waals surface area contributed by atoms with Crippen LogP contribution in [-0.4, -0.2) is 5.78 Å². The summed E-state index contributed by atoms with van der Waals surface area (Å²) < 4.78 is 1.18. The number of carbonyl (C=O) groups is 1. The summed E-state index contributed by atoms with van der Waals surface area (Å²) in [5.74, 6) is 1.62. The first kappa shape index (κ1) is 12.6. The molecule has 20 heavy (non-hydrogen) atoms. The Morgan fingerprint density at radius 3 is 2.60 bits per heavy atom. The third kappa shape index (κ3) is 1.93. The molecule has 4 rings (SSSR count). The van der Waals surface area contributed by atoms with Gasteiger partial charge >= 0.3 is 0 Å². The summed E-state index contributed by atoms with van der Waals surface area (Å²) in [6.45, 7) is 0. The maximum atomic E-state index is 12.7. The molecule has 0 saturated heterocycles. The normalized spacial score (nSPS) is 26.6. The number of hydrogen-bond donors (Lipinski definition) is 0. The van der Waals surface area contributed by atoms with E-state index in [0.29, 0.717) is 17.6 Å².